The van der Waals surface area contributed by atoms with Crippen molar-refractivity contribution in [3.05, 3.63) is 29.8 Å². The summed E-state index contributed by atoms with van der Waals surface area (Å²) >= 11 is 0. The summed E-state index contributed by atoms with van der Waals surface area (Å²) in [7, 11) is 0. The van der Waals surface area contributed by atoms with Gasteiger partial charge in [-0.3, -0.25) is 0 Å². The van der Waals surface area contributed by atoms with Gasteiger partial charge in [0.25, 0.3) is 0 Å². The zero-order valence-corrected chi connectivity index (χ0v) is 12.4. The zero-order chi connectivity index (χ0) is 13.5. The van der Waals surface area contributed by atoms with E-state index >= 15 is 0 Å². The largest absolute Gasteiger partial charge is 0.494 e. The maximum Gasteiger partial charge on any atom is 0.122 e. The highest BCUT2D eigenvalue weighted by molar-refractivity contribution is 5.36. The molecular formula is C16H27NO. The summed E-state index contributed by atoms with van der Waals surface area (Å²) in [6.45, 7) is 12.7. The van der Waals surface area contributed by atoms with Crippen molar-refractivity contribution in [2.45, 2.75) is 46.6 Å². The standard InChI is InChI=1S/C16H27NO/c1-6-18-16-10-8-7-9-15(16)14(5)13(4)11-17-12(2)3/h7-10,12-14,17H,6,11H2,1-5H3. The van der Waals surface area contributed by atoms with Gasteiger partial charge in [-0.1, -0.05) is 45.9 Å². The van der Waals surface area contributed by atoms with Gasteiger partial charge in [-0.15, -0.1) is 0 Å². The number of rotatable bonds is 7. The Balaban J connectivity index is 2.72. The van der Waals surface area contributed by atoms with Gasteiger partial charge >= 0.3 is 0 Å². The lowest BCUT2D eigenvalue weighted by Gasteiger charge is -2.24. The average Bonchev–Trinajstić information content (AvgIpc) is 2.36. The molecule has 0 aliphatic carbocycles. The van der Waals surface area contributed by atoms with Gasteiger partial charge in [0.05, 0.1) is 6.61 Å². The predicted octanol–water partition coefficient (Wildman–Crippen LogP) is 3.82. The van der Waals surface area contributed by atoms with Gasteiger partial charge in [0.1, 0.15) is 5.75 Å². The monoisotopic (exact) mass is 249 g/mol. The molecule has 0 saturated carbocycles. The third-order valence-electron chi connectivity index (χ3n) is 3.41. The molecule has 0 spiro atoms. The number of hydrogen-bond acceptors (Lipinski definition) is 2. The molecule has 2 heteroatoms. The molecule has 102 valence electrons. The van der Waals surface area contributed by atoms with Gasteiger partial charge in [-0.25, -0.2) is 0 Å². The van der Waals surface area contributed by atoms with Crippen molar-refractivity contribution in [3.63, 3.8) is 0 Å². The molecular weight excluding hydrogens is 222 g/mol. The molecule has 1 N–H and O–H groups in total. The summed E-state index contributed by atoms with van der Waals surface area (Å²) in [6.07, 6.45) is 0. The lowest BCUT2D eigenvalue weighted by molar-refractivity contribution is 0.328. The molecule has 0 saturated heterocycles. The molecule has 0 heterocycles. The van der Waals surface area contributed by atoms with Crippen LogP contribution in [0.5, 0.6) is 5.75 Å². The van der Waals surface area contributed by atoms with E-state index in [1.807, 2.05) is 13.0 Å². The Labute approximate surface area is 112 Å². The molecule has 1 aromatic rings. The van der Waals surface area contributed by atoms with Crippen LogP contribution in [0.2, 0.25) is 0 Å². The van der Waals surface area contributed by atoms with Gasteiger partial charge in [0, 0.05) is 6.04 Å². The van der Waals surface area contributed by atoms with Crippen LogP contribution < -0.4 is 10.1 Å². The van der Waals surface area contributed by atoms with Crippen molar-refractivity contribution in [1.29, 1.82) is 0 Å². The fourth-order valence-corrected chi connectivity index (χ4v) is 2.05. The highest BCUT2D eigenvalue weighted by Crippen LogP contribution is 2.31. The van der Waals surface area contributed by atoms with Crippen LogP contribution in [-0.4, -0.2) is 19.2 Å². The molecule has 2 atom stereocenters. The topological polar surface area (TPSA) is 21.3 Å². The van der Waals surface area contributed by atoms with Crippen molar-refractivity contribution in [3.8, 4) is 5.75 Å². The number of nitrogens with one attached hydrogen (secondary N) is 1. The van der Waals surface area contributed by atoms with Crippen LogP contribution in [0.4, 0.5) is 0 Å². The van der Waals surface area contributed by atoms with Crippen LogP contribution in [0.15, 0.2) is 24.3 Å². The molecule has 0 amide bonds. The maximum atomic E-state index is 5.71. The van der Waals surface area contributed by atoms with Crippen LogP contribution >= 0.6 is 0 Å². The Kier molecular flexibility index (Phi) is 6.20. The van der Waals surface area contributed by atoms with Crippen molar-refractivity contribution < 1.29 is 4.74 Å². The van der Waals surface area contributed by atoms with Crippen molar-refractivity contribution in [1.82, 2.24) is 5.32 Å². The third kappa shape index (κ3) is 4.34. The lowest BCUT2D eigenvalue weighted by atomic mass is 9.88. The van der Waals surface area contributed by atoms with Gasteiger partial charge in [0.15, 0.2) is 0 Å². The molecule has 18 heavy (non-hydrogen) atoms. The molecule has 2 unspecified atom stereocenters. The second kappa shape index (κ2) is 7.42. The molecule has 0 fully saturated rings. The quantitative estimate of drug-likeness (QED) is 0.793. The van der Waals surface area contributed by atoms with E-state index in [-0.39, 0.29) is 0 Å². The Hall–Kier alpha value is -1.02. The summed E-state index contributed by atoms with van der Waals surface area (Å²) < 4.78 is 5.71. The van der Waals surface area contributed by atoms with Gasteiger partial charge in [-0.2, -0.15) is 0 Å². The molecule has 1 rings (SSSR count). The molecule has 0 bridgehead atoms. The molecule has 0 aliphatic heterocycles. The molecule has 0 aromatic heterocycles. The minimum atomic E-state index is 0.499. The van der Waals surface area contributed by atoms with E-state index in [0.717, 1.165) is 18.9 Å². The minimum absolute atomic E-state index is 0.499. The fourth-order valence-electron chi connectivity index (χ4n) is 2.05. The van der Waals surface area contributed by atoms with Gasteiger partial charge in [-0.05, 0) is 36.9 Å². The summed E-state index contributed by atoms with van der Waals surface area (Å²) in [5.74, 6) is 2.12. The first kappa shape index (κ1) is 15.0. The van der Waals surface area contributed by atoms with Crippen molar-refractivity contribution in [2.24, 2.45) is 5.92 Å². The summed E-state index contributed by atoms with van der Waals surface area (Å²) in [5, 5.41) is 3.51. The van der Waals surface area contributed by atoms with Crippen LogP contribution in [-0.2, 0) is 0 Å². The van der Waals surface area contributed by atoms with Crippen LogP contribution in [0.25, 0.3) is 0 Å². The Morgan fingerprint density at radius 3 is 2.39 bits per heavy atom. The summed E-state index contributed by atoms with van der Waals surface area (Å²) in [6, 6.07) is 8.93. The van der Waals surface area contributed by atoms with E-state index < -0.39 is 0 Å². The molecule has 1 aromatic carbocycles. The maximum absolute atomic E-state index is 5.71. The van der Waals surface area contributed by atoms with E-state index in [4.69, 9.17) is 4.74 Å². The van der Waals surface area contributed by atoms with E-state index in [1.165, 1.54) is 5.56 Å². The van der Waals surface area contributed by atoms with Crippen molar-refractivity contribution >= 4 is 0 Å². The Bertz CT molecular complexity index is 349. The van der Waals surface area contributed by atoms with E-state index in [1.54, 1.807) is 0 Å². The average molecular weight is 249 g/mol. The fraction of sp³-hybridized carbons (Fsp3) is 0.625. The number of hydrogen-bond donors (Lipinski definition) is 1. The molecule has 2 nitrogen and oxygen atoms in total. The van der Waals surface area contributed by atoms with Crippen LogP contribution in [0, 0.1) is 5.92 Å². The van der Waals surface area contributed by atoms with Crippen LogP contribution in [0.1, 0.15) is 46.1 Å². The second-order valence-corrected chi connectivity index (χ2v) is 5.30. The second-order valence-electron chi connectivity index (χ2n) is 5.30. The molecule has 0 aliphatic rings. The lowest BCUT2D eigenvalue weighted by Crippen LogP contribution is -2.30. The SMILES string of the molecule is CCOc1ccccc1C(C)C(C)CNC(C)C. The third-order valence-corrected chi connectivity index (χ3v) is 3.41. The van der Waals surface area contributed by atoms with Crippen molar-refractivity contribution in [2.75, 3.05) is 13.2 Å². The first-order chi connectivity index (χ1) is 8.56. The normalized spacial score (nSPS) is 14.6. The number of ether oxygens (including phenoxy) is 1. The Morgan fingerprint density at radius 2 is 1.78 bits per heavy atom. The Morgan fingerprint density at radius 1 is 1.11 bits per heavy atom. The smallest absolute Gasteiger partial charge is 0.122 e. The van der Waals surface area contributed by atoms with E-state index in [0.29, 0.717) is 17.9 Å². The van der Waals surface area contributed by atoms with E-state index in [9.17, 15) is 0 Å². The van der Waals surface area contributed by atoms with E-state index in [2.05, 4.69) is 51.2 Å². The minimum Gasteiger partial charge on any atom is -0.494 e. The zero-order valence-electron chi connectivity index (χ0n) is 12.4. The van der Waals surface area contributed by atoms with Gasteiger partial charge in [0.2, 0.25) is 0 Å². The molecule has 0 radical (unpaired) electrons. The van der Waals surface area contributed by atoms with Crippen LogP contribution in [0.3, 0.4) is 0 Å². The highest BCUT2D eigenvalue weighted by atomic mass is 16.5. The predicted molar refractivity (Wildman–Crippen MR) is 78.3 cm³/mol. The number of para-hydroxylation sites is 1. The highest BCUT2D eigenvalue weighted by Gasteiger charge is 2.17. The first-order valence-corrected chi connectivity index (χ1v) is 7.01. The van der Waals surface area contributed by atoms with Gasteiger partial charge < -0.3 is 10.1 Å². The first-order valence-electron chi connectivity index (χ1n) is 7.01. The summed E-state index contributed by atoms with van der Waals surface area (Å²) in [4.78, 5) is 0. The number of benzene rings is 1. The summed E-state index contributed by atoms with van der Waals surface area (Å²) in [5.41, 5.74) is 1.32.